The molecule has 0 atom stereocenters. The molecular weight excluding hydrogens is 407 g/mol. The minimum absolute atomic E-state index is 1.27. The lowest BCUT2D eigenvalue weighted by Gasteiger charge is -2.06. The Morgan fingerprint density at radius 2 is 1.05 bits per heavy atom. The Hall–Kier alpha value is -0.910. The fourth-order valence-corrected chi connectivity index (χ4v) is 4.25. The molecule has 3 aromatic rings. The predicted octanol–water partition coefficient (Wildman–Crippen LogP) is 6.59. The van der Waals surface area contributed by atoms with Crippen molar-refractivity contribution in [3.05, 3.63) is 82.4 Å². The highest BCUT2D eigenvalue weighted by atomic mass is 127. The molecule has 0 aromatic heterocycles. The third kappa shape index (κ3) is 4.28. The quantitative estimate of drug-likeness (QED) is 0.437. The summed E-state index contributed by atoms with van der Waals surface area (Å²) in [5.74, 6) is 0. The first-order valence-corrected chi connectivity index (χ1v) is 9.28. The van der Waals surface area contributed by atoms with E-state index in [2.05, 4.69) is 95.4 Å². The summed E-state index contributed by atoms with van der Waals surface area (Å²) in [6.45, 7) is 0. The molecule has 0 amide bonds. The van der Waals surface area contributed by atoms with Crippen LogP contribution < -0.4 is 0 Å². The van der Waals surface area contributed by atoms with E-state index in [1.54, 1.807) is 11.8 Å². The Labute approximate surface area is 147 Å². The monoisotopic (exact) mass is 420 g/mol. The number of rotatable bonds is 4. The summed E-state index contributed by atoms with van der Waals surface area (Å²) in [6.07, 6.45) is 0. The zero-order valence-corrected chi connectivity index (χ0v) is 15.0. The minimum atomic E-state index is 1.27. The highest BCUT2D eigenvalue weighted by Gasteiger charge is 2.02. The summed E-state index contributed by atoms with van der Waals surface area (Å²) in [5.41, 5.74) is 0. The van der Waals surface area contributed by atoms with Crippen LogP contribution in [0, 0.1) is 3.57 Å². The Morgan fingerprint density at radius 1 is 0.524 bits per heavy atom. The van der Waals surface area contributed by atoms with Gasteiger partial charge in [0.25, 0.3) is 0 Å². The van der Waals surface area contributed by atoms with Crippen LogP contribution in [0.15, 0.2) is 98.4 Å². The summed E-state index contributed by atoms with van der Waals surface area (Å²) in [5, 5.41) is 0. The molecule has 21 heavy (non-hydrogen) atoms. The van der Waals surface area contributed by atoms with Gasteiger partial charge in [-0.3, -0.25) is 0 Å². The fraction of sp³-hybridized carbons (Fsp3) is 0. The lowest BCUT2D eigenvalue weighted by molar-refractivity contribution is 1.32. The van der Waals surface area contributed by atoms with Crippen molar-refractivity contribution in [1.82, 2.24) is 0 Å². The van der Waals surface area contributed by atoms with E-state index in [1.165, 1.54) is 23.2 Å². The van der Waals surface area contributed by atoms with Crippen molar-refractivity contribution in [1.29, 1.82) is 0 Å². The summed E-state index contributed by atoms with van der Waals surface area (Å²) >= 11 is 5.99. The molecule has 104 valence electrons. The molecule has 0 spiro atoms. The zero-order chi connectivity index (χ0) is 14.5. The summed E-state index contributed by atoms with van der Waals surface area (Å²) in [4.78, 5) is 5.13. The lowest BCUT2D eigenvalue weighted by atomic mass is 10.4. The molecule has 0 saturated carbocycles. The van der Waals surface area contributed by atoms with Crippen LogP contribution in [-0.2, 0) is 0 Å². The highest BCUT2D eigenvalue weighted by molar-refractivity contribution is 14.1. The van der Waals surface area contributed by atoms with Gasteiger partial charge in [-0.2, -0.15) is 0 Å². The van der Waals surface area contributed by atoms with Gasteiger partial charge in [-0.05, 0) is 71.1 Å². The molecule has 0 nitrogen and oxygen atoms in total. The van der Waals surface area contributed by atoms with Crippen LogP contribution in [0.1, 0.15) is 0 Å². The van der Waals surface area contributed by atoms with Crippen molar-refractivity contribution >= 4 is 46.1 Å². The maximum Gasteiger partial charge on any atom is 0.0269 e. The molecule has 3 heteroatoms. The van der Waals surface area contributed by atoms with Crippen LogP contribution in [0.25, 0.3) is 0 Å². The summed E-state index contributed by atoms with van der Waals surface area (Å²) < 4.78 is 1.29. The first-order chi connectivity index (χ1) is 10.3. The van der Waals surface area contributed by atoms with Crippen LogP contribution >= 0.6 is 46.1 Å². The maximum absolute atomic E-state index is 2.38. The van der Waals surface area contributed by atoms with Crippen molar-refractivity contribution in [2.75, 3.05) is 0 Å². The van der Waals surface area contributed by atoms with E-state index in [4.69, 9.17) is 0 Å². The predicted molar refractivity (Wildman–Crippen MR) is 100 cm³/mol. The van der Waals surface area contributed by atoms with Gasteiger partial charge >= 0.3 is 0 Å². The van der Waals surface area contributed by atoms with E-state index in [0.717, 1.165) is 0 Å². The lowest BCUT2D eigenvalue weighted by Crippen LogP contribution is -1.79. The molecule has 0 N–H and O–H groups in total. The Morgan fingerprint density at radius 3 is 1.71 bits per heavy atom. The molecule has 0 saturated heterocycles. The smallest absolute Gasteiger partial charge is 0.0269 e. The van der Waals surface area contributed by atoms with Crippen molar-refractivity contribution in [3.8, 4) is 0 Å². The maximum atomic E-state index is 2.38. The van der Waals surface area contributed by atoms with Crippen molar-refractivity contribution in [2.45, 2.75) is 19.6 Å². The van der Waals surface area contributed by atoms with Crippen LogP contribution in [0.2, 0.25) is 0 Å². The Kier molecular flexibility index (Phi) is 5.27. The average Bonchev–Trinajstić information content (AvgIpc) is 2.52. The zero-order valence-electron chi connectivity index (χ0n) is 11.2. The van der Waals surface area contributed by atoms with Crippen molar-refractivity contribution < 1.29 is 0 Å². The molecule has 3 rings (SSSR count). The van der Waals surface area contributed by atoms with Gasteiger partial charge in [-0.15, -0.1) is 0 Å². The summed E-state index contributed by atoms with van der Waals surface area (Å²) in [7, 11) is 0. The first-order valence-electron chi connectivity index (χ1n) is 6.56. The third-order valence-electron chi connectivity index (χ3n) is 2.87. The topological polar surface area (TPSA) is 0 Å². The van der Waals surface area contributed by atoms with Gasteiger partial charge in [-0.1, -0.05) is 53.9 Å². The SMILES string of the molecule is Ic1ccccc1Sc1ccc(Sc2ccccc2)cc1. The van der Waals surface area contributed by atoms with Gasteiger partial charge in [-0.25, -0.2) is 0 Å². The molecule has 0 unspecified atom stereocenters. The van der Waals surface area contributed by atoms with Gasteiger partial charge in [0, 0.05) is 23.2 Å². The van der Waals surface area contributed by atoms with E-state index in [-0.39, 0.29) is 0 Å². The molecule has 0 aliphatic rings. The second-order valence-corrected chi connectivity index (χ2v) is 7.84. The van der Waals surface area contributed by atoms with Crippen LogP contribution in [0.3, 0.4) is 0 Å². The third-order valence-corrected chi connectivity index (χ3v) is 6.27. The summed E-state index contributed by atoms with van der Waals surface area (Å²) in [6, 6.07) is 27.7. The van der Waals surface area contributed by atoms with Crippen molar-refractivity contribution in [3.63, 3.8) is 0 Å². The second kappa shape index (κ2) is 7.38. The highest BCUT2D eigenvalue weighted by Crippen LogP contribution is 2.33. The van der Waals surface area contributed by atoms with E-state index in [9.17, 15) is 0 Å². The van der Waals surface area contributed by atoms with Crippen LogP contribution in [0.5, 0.6) is 0 Å². The van der Waals surface area contributed by atoms with Crippen LogP contribution in [0.4, 0.5) is 0 Å². The van der Waals surface area contributed by atoms with Crippen molar-refractivity contribution in [2.24, 2.45) is 0 Å². The molecule has 0 aliphatic carbocycles. The number of hydrogen-bond acceptors (Lipinski definition) is 2. The van der Waals surface area contributed by atoms with Crippen LogP contribution in [-0.4, -0.2) is 0 Å². The molecule has 3 aromatic carbocycles. The normalized spacial score (nSPS) is 10.5. The van der Waals surface area contributed by atoms with E-state index in [0.29, 0.717) is 0 Å². The van der Waals surface area contributed by atoms with E-state index < -0.39 is 0 Å². The standard InChI is InChI=1S/C18H13IS2/c19-17-8-4-5-9-18(17)21-16-12-10-15(11-13-16)20-14-6-2-1-3-7-14/h1-13H. The number of benzene rings is 3. The largest absolute Gasteiger partial charge is 0.0901 e. The molecule has 0 bridgehead atoms. The molecule has 0 aliphatic heterocycles. The van der Waals surface area contributed by atoms with E-state index in [1.807, 2.05) is 17.8 Å². The van der Waals surface area contributed by atoms with Gasteiger partial charge in [0.15, 0.2) is 0 Å². The van der Waals surface area contributed by atoms with Gasteiger partial charge < -0.3 is 0 Å². The first kappa shape index (κ1) is 15.0. The second-order valence-electron chi connectivity index (χ2n) is 4.42. The fourth-order valence-electron chi connectivity index (χ4n) is 1.85. The minimum Gasteiger partial charge on any atom is -0.0901 e. The Bertz CT molecular complexity index is 709. The average molecular weight is 420 g/mol. The number of halogens is 1. The number of hydrogen-bond donors (Lipinski definition) is 0. The van der Waals surface area contributed by atoms with Gasteiger partial charge in [0.1, 0.15) is 0 Å². The van der Waals surface area contributed by atoms with E-state index >= 15 is 0 Å². The Balaban J connectivity index is 1.71. The molecular formula is C18H13IS2. The molecule has 0 radical (unpaired) electrons. The van der Waals surface area contributed by atoms with Gasteiger partial charge in [0.05, 0.1) is 0 Å². The van der Waals surface area contributed by atoms with Gasteiger partial charge in [0.2, 0.25) is 0 Å². The molecule has 0 heterocycles. The molecule has 0 fully saturated rings.